The molecule has 0 atom stereocenters. The number of nitrogens with one attached hydrogen (secondary N) is 2. The molecule has 0 aliphatic heterocycles. The van der Waals surface area contributed by atoms with Crippen LogP contribution in [0.15, 0.2) is 24.3 Å². The van der Waals surface area contributed by atoms with Gasteiger partial charge in [0.2, 0.25) is 0 Å². The van der Waals surface area contributed by atoms with Crippen molar-refractivity contribution in [3.05, 3.63) is 29.8 Å². The van der Waals surface area contributed by atoms with Gasteiger partial charge in [0, 0.05) is 18.3 Å². The average molecular weight is 232 g/mol. The lowest BCUT2D eigenvalue weighted by Gasteiger charge is -2.20. The van der Waals surface area contributed by atoms with Crippen LogP contribution < -0.4 is 10.6 Å². The van der Waals surface area contributed by atoms with E-state index >= 15 is 0 Å². The molecule has 2 rings (SSSR count). The predicted octanol–water partition coefficient (Wildman–Crippen LogP) is 3.54. The van der Waals surface area contributed by atoms with Crippen molar-refractivity contribution in [2.24, 2.45) is 0 Å². The van der Waals surface area contributed by atoms with Crippen molar-refractivity contribution in [2.75, 3.05) is 12.4 Å². The lowest BCUT2D eigenvalue weighted by atomic mass is 10.1. The van der Waals surface area contributed by atoms with Gasteiger partial charge in [-0.3, -0.25) is 0 Å². The van der Waals surface area contributed by atoms with E-state index < -0.39 is 0 Å². The highest BCUT2D eigenvalue weighted by molar-refractivity contribution is 5.51. The third kappa shape index (κ3) is 3.74. The largest absolute Gasteiger partial charge is 0.382 e. The Morgan fingerprint density at radius 1 is 1.06 bits per heavy atom. The number of anilines is 1. The highest BCUT2D eigenvalue weighted by atomic mass is 14.9. The molecule has 1 aromatic rings. The second-order valence-electron chi connectivity index (χ2n) is 5.02. The summed E-state index contributed by atoms with van der Waals surface area (Å²) in [6.45, 7) is 0.940. The van der Waals surface area contributed by atoms with Crippen molar-refractivity contribution in [1.29, 1.82) is 0 Å². The molecule has 1 aliphatic rings. The molecule has 1 aliphatic carbocycles. The van der Waals surface area contributed by atoms with Crippen LogP contribution in [0.2, 0.25) is 0 Å². The summed E-state index contributed by atoms with van der Waals surface area (Å²) < 4.78 is 0. The molecular formula is C15H24N2. The molecule has 0 aromatic heterocycles. The van der Waals surface area contributed by atoms with E-state index in [2.05, 4.69) is 34.9 Å². The van der Waals surface area contributed by atoms with Gasteiger partial charge in [0.15, 0.2) is 0 Å². The van der Waals surface area contributed by atoms with E-state index in [4.69, 9.17) is 0 Å². The molecule has 17 heavy (non-hydrogen) atoms. The zero-order valence-electron chi connectivity index (χ0n) is 10.8. The lowest BCUT2D eigenvalue weighted by molar-refractivity contribution is 0.618. The molecule has 0 heterocycles. The first kappa shape index (κ1) is 12.4. The highest BCUT2D eigenvalue weighted by Crippen LogP contribution is 2.23. The van der Waals surface area contributed by atoms with E-state index in [1.165, 1.54) is 49.8 Å². The third-order valence-corrected chi connectivity index (χ3v) is 3.60. The molecule has 2 nitrogen and oxygen atoms in total. The molecule has 0 saturated heterocycles. The molecule has 0 amide bonds. The molecular weight excluding hydrogens is 208 g/mol. The third-order valence-electron chi connectivity index (χ3n) is 3.60. The van der Waals surface area contributed by atoms with Crippen LogP contribution in [0.4, 0.5) is 5.69 Å². The standard InChI is InChI=1S/C15H24N2/c1-16-12-13-8-6-7-11-15(13)17-14-9-4-2-3-5-10-14/h6-8,11,14,16-17H,2-5,9-10,12H2,1H3. The fourth-order valence-corrected chi connectivity index (χ4v) is 2.65. The van der Waals surface area contributed by atoms with Gasteiger partial charge in [-0.15, -0.1) is 0 Å². The van der Waals surface area contributed by atoms with Gasteiger partial charge in [-0.1, -0.05) is 43.9 Å². The Balaban J connectivity index is 2.00. The Hall–Kier alpha value is -1.02. The van der Waals surface area contributed by atoms with E-state index in [-0.39, 0.29) is 0 Å². The van der Waals surface area contributed by atoms with E-state index in [9.17, 15) is 0 Å². The molecule has 1 saturated carbocycles. The average Bonchev–Trinajstić information content (AvgIpc) is 2.61. The van der Waals surface area contributed by atoms with Crippen LogP contribution in [0.1, 0.15) is 44.1 Å². The summed E-state index contributed by atoms with van der Waals surface area (Å²) in [6, 6.07) is 9.33. The number of rotatable bonds is 4. The maximum absolute atomic E-state index is 3.73. The van der Waals surface area contributed by atoms with Gasteiger partial charge in [-0.2, -0.15) is 0 Å². The van der Waals surface area contributed by atoms with Crippen LogP contribution in [-0.2, 0) is 6.54 Å². The lowest BCUT2D eigenvalue weighted by Crippen LogP contribution is -2.20. The van der Waals surface area contributed by atoms with E-state index in [1.54, 1.807) is 0 Å². The summed E-state index contributed by atoms with van der Waals surface area (Å²) in [5.74, 6) is 0. The summed E-state index contributed by atoms with van der Waals surface area (Å²) in [4.78, 5) is 0. The quantitative estimate of drug-likeness (QED) is 0.776. The Morgan fingerprint density at radius 2 is 1.76 bits per heavy atom. The van der Waals surface area contributed by atoms with Crippen molar-refractivity contribution in [1.82, 2.24) is 5.32 Å². The fraction of sp³-hybridized carbons (Fsp3) is 0.600. The molecule has 0 unspecified atom stereocenters. The molecule has 0 bridgehead atoms. The minimum Gasteiger partial charge on any atom is -0.382 e. The number of benzene rings is 1. The molecule has 0 radical (unpaired) electrons. The minimum absolute atomic E-state index is 0.676. The van der Waals surface area contributed by atoms with E-state index in [0.717, 1.165) is 6.54 Å². The topological polar surface area (TPSA) is 24.1 Å². The van der Waals surface area contributed by atoms with Crippen molar-refractivity contribution in [2.45, 2.75) is 51.1 Å². The smallest absolute Gasteiger partial charge is 0.0387 e. The molecule has 94 valence electrons. The Bertz CT molecular complexity index is 327. The van der Waals surface area contributed by atoms with Crippen molar-refractivity contribution < 1.29 is 0 Å². The maximum Gasteiger partial charge on any atom is 0.0387 e. The maximum atomic E-state index is 3.73. The van der Waals surface area contributed by atoms with Crippen LogP contribution in [0, 0.1) is 0 Å². The van der Waals surface area contributed by atoms with Gasteiger partial charge in [0.05, 0.1) is 0 Å². The van der Waals surface area contributed by atoms with Crippen molar-refractivity contribution in [3.63, 3.8) is 0 Å². The van der Waals surface area contributed by atoms with Crippen LogP contribution in [0.5, 0.6) is 0 Å². The van der Waals surface area contributed by atoms with Crippen LogP contribution in [-0.4, -0.2) is 13.1 Å². The molecule has 0 spiro atoms. The fourth-order valence-electron chi connectivity index (χ4n) is 2.65. The van der Waals surface area contributed by atoms with E-state index in [0.29, 0.717) is 6.04 Å². The number of para-hydroxylation sites is 1. The van der Waals surface area contributed by atoms with Crippen molar-refractivity contribution >= 4 is 5.69 Å². The van der Waals surface area contributed by atoms with Gasteiger partial charge < -0.3 is 10.6 Å². The summed E-state index contributed by atoms with van der Waals surface area (Å²) >= 11 is 0. The molecule has 2 heteroatoms. The van der Waals surface area contributed by atoms with Crippen LogP contribution in [0.3, 0.4) is 0 Å². The highest BCUT2D eigenvalue weighted by Gasteiger charge is 2.12. The first-order chi connectivity index (χ1) is 8.40. The van der Waals surface area contributed by atoms with E-state index in [1.807, 2.05) is 7.05 Å². The Kier molecular flexibility index (Phi) is 4.87. The van der Waals surface area contributed by atoms with Crippen LogP contribution >= 0.6 is 0 Å². The number of hydrogen-bond donors (Lipinski definition) is 2. The van der Waals surface area contributed by atoms with Gasteiger partial charge in [-0.05, 0) is 31.5 Å². The predicted molar refractivity (Wildman–Crippen MR) is 74.3 cm³/mol. The summed E-state index contributed by atoms with van der Waals surface area (Å²) in [7, 11) is 2.00. The minimum atomic E-state index is 0.676. The van der Waals surface area contributed by atoms with Gasteiger partial charge in [-0.25, -0.2) is 0 Å². The van der Waals surface area contributed by atoms with Crippen LogP contribution in [0.25, 0.3) is 0 Å². The Labute approximate surface area is 105 Å². The monoisotopic (exact) mass is 232 g/mol. The normalized spacial score (nSPS) is 17.7. The first-order valence-electron chi connectivity index (χ1n) is 6.89. The van der Waals surface area contributed by atoms with Gasteiger partial charge >= 0.3 is 0 Å². The zero-order chi connectivity index (χ0) is 11.9. The van der Waals surface area contributed by atoms with Gasteiger partial charge in [0.25, 0.3) is 0 Å². The van der Waals surface area contributed by atoms with Gasteiger partial charge in [0.1, 0.15) is 0 Å². The molecule has 1 aromatic carbocycles. The summed E-state index contributed by atoms with van der Waals surface area (Å²) in [6.07, 6.45) is 8.24. The first-order valence-corrected chi connectivity index (χ1v) is 6.89. The summed E-state index contributed by atoms with van der Waals surface area (Å²) in [5, 5.41) is 6.97. The Morgan fingerprint density at radius 3 is 2.47 bits per heavy atom. The second-order valence-corrected chi connectivity index (χ2v) is 5.02. The second kappa shape index (κ2) is 6.65. The SMILES string of the molecule is CNCc1ccccc1NC1CCCCCC1. The summed E-state index contributed by atoms with van der Waals surface area (Å²) in [5.41, 5.74) is 2.69. The zero-order valence-corrected chi connectivity index (χ0v) is 10.8. The molecule has 1 fully saturated rings. The molecule has 2 N–H and O–H groups in total. The van der Waals surface area contributed by atoms with Crippen molar-refractivity contribution in [3.8, 4) is 0 Å². The number of hydrogen-bond acceptors (Lipinski definition) is 2.